The second-order valence-corrected chi connectivity index (χ2v) is 5.58. The Kier molecular flexibility index (Phi) is 6.11. The van der Waals surface area contributed by atoms with E-state index in [4.69, 9.17) is 9.47 Å². The maximum atomic E-state index is 11.9. The molecule has 5 heteroatoms. The molecule has 23 heavy (non-hydrogen) atoms. The Hall–Kier alpha value is -2.40. The standard InChI is InChI=1S/C18H15BrO4/c1-22-18(21)15(9-13-5-3-2-4-6-13)12-23-17-8-7-16(19)10-14(17)11-20/h2-11H,12H2,1H3/b15-9-. The average Bonchev–Trinajstić information content (AvgIpc) is 2.59. The largest absolute Gasteiger partial charge is 0.488 e. The molecule has 0 heterocycles. The number of halogens is 1. The molecule has 0 fully saturated rings. The first-order valence-corrected chi connectivity index (χ1v) is 7.65. The monoisotopic (exact) mass is 374 g/mol. The van der Waals surface area contributed by atoms with Crippen LogP contribution in [0.3, 0.4) is 0 Å². The van der Waals surface area contributed by atoms with Crippen molar-refractivity contribution >= 4 is 34.3 Å². The van der Waals surface area contributed by atoms with Crippen molar-refractivity contribution in [1.82, 2.24) is 0 Å². The van der Waals surface area contributed by atoms with Gasteiger partial charge in [-0.1, -0.05) is 46.3 Å². The van der Waals surface area contributed by atoms with Gasteiger partial charge < -0.3 is 9.47 Å². The van der Waals surface area contributed by atoms with Crippen LogP contribution in [0.4, 0.5) is 0 Å². The third-order valence-corrected chi connectivity index (χ3v) is 3.56. The van der Waals surface area contributed by atoms with Gasteiger partial charge in [-0.15, -0.1) is 0 Å². The van der Waals surface area contributed by atoms with E-state index in [1.165, 1.54) is 7.11 Å². The van der Waals surface area contributed by atoms with Crippen LogP contribution in [0.25, 0.3) is 6.08 Å². The lowest BCUT2D eigenvalue weighted by atomic mass is 10.1. The molecule has 0 N–H and O–H groups in total. The van der Waals surface area contributed by atoms with Crippen LogP contribution in [0.1, 0.15) is 15.9 Å². The number of aldehydes is 1. The van der Waals surface area contributed by atoms with E-state index in [1.807, 2.05) is 30.3 Å². The van der Waals surface area contributed by atoms with Gasteiger partial charge in [0.1, 0.15) is 12.4 Å². The molecule has 0 spiro atoms. The maximum absolute atomic E-state index is 11.9. The molecular weight excluding hydrogens is 360 g/mol. The summed E-state index contributed by atoms with van der Waals surface area (Å²) in [6.07, 6.45) is 2.41. The van der Waals surface area contributed by atoms with Crippen LogP contribution in [0, 0.1) is 0 Å². The molecule has 2 aromatic carbocycles. The van der Waals surface area contributed by atoms with Crippen molar-refractivity contribution < 1.29 is 19.1 Å². The number of carbonyl (C=O) groups excluding carboxylic acids is 2. The summed E-state index contributed by atoms with van der Waals surface area (Å²) < 4.78 is 11.2. The Bertz CT molecular complexity index is 723. The predicted molar refractivity (Wildman–Crippen MR) is 91.5 cm³/mol. The molecule has 0 unspecified atom stereocenters. The van der Waals surface area contributed by atoms with Crippen LogP contribution < -0.4 is 4.74 Å². The van der Waals surface area contributed by atoms with E-state index in [1.54, 1.807) is 24.3 Å². The lowest BCUT2D eigenvalue weighted by molar-refractivity contribution is -0.136. The van der Waals surface area contributed by atoms with Crippen LogP contribution in [0.15, 0.2) is 58.6 Å². The maximum Gasteiger partial charge on any atom is 0.337 e. The van der Waals surface area contributed by atoms with E-state index >= 15 is 0 Å². The molecule has 0 saturated heterocycles. The molecule has 0 aliphatic heterocycles. The zero-order valence-electron chi connectivity index (χ0n) is 12.5. The van der Waals surface area contributed by atoms with Gasteiger partial charge in [0, 0.05) is 4.47 Å². The van der Waals surface area contributed by atoms with E-state index in [2.05, 4.69) is 15.9 Å². The molecular formula is C18H15BrO4. The summed E-state index contributed by atoms with van der Waals surface area (Å²) in [5, 5.41) is 0. The molecule has 2 rings (SSSR count). The molecule has 0 aliphatic rings. The lowest BCUT2D eigenvalue weighted by Gasteiger charge is -2.10. The Morgan fingerprint density at radius 3 is 2.57 bits per heavy atom. The molecule has 0 bridgehead atoms. The zero-order chi connectivity index (χ0) is 16.7. The van der Waals surface area contributed by atoms with Crippen LogP contribution in [0.2, 0.25) is 0 Å². The number of hydrogen-bond acceptors (Lipinski definition) is 4. The first-order valence-electron chi connectivity index (χ1n) is 6.85. The predicted octanol–water partition coefficient (Wildman–Crippen LogP) is 3.90. The van der Waals surface area contributed by atoms with E-state index in [0.29, 0.717) is 23.2 Å². The normalized spacial score (nSPS) is 11.0. The minimum Gasteiger partial charge on any atom is -0.488 e. The van der Waals surface area contributed by atoms with Gasteiger partial charge in [-0.05, 0) is 29.8 Å². The smallest absolute Gasteiger partial charge is 0.337 e. The molecule has 4 nitrogen and oxygen atoms in total. The summed E-state index contributed by atoms with van der Waals surface area (Å²) in [7, 11) is 1.32. The van der Waals surface area contributed by atoms with Crippen LogP contribution in [0.5, 0.6) is 5.75 Å². The molecule has 0 atom stereocenters. The van der Waals surface area contributed by atoms with Crippen molar-refractivity contribution in [3.63, 3.8) is 0 Å². The second-order valence-electron chi connectivity index (χ2n) is 4.66. The van der Waals surface area contributed by atoms with E-state index < -0.39 is 5.97 Å². The van der Waals surface area contributed by atoms with Gasteiger partial charge in [0.25, 0.3) is 0 Å². The Labute approximate surface area is 142 Å². The van der Waals surface area contributed by atoms with Gasteiger partial charge in [-0.3, -0.25) is 4.79 Å². The Balaban J connectivity index is 2.21. The van der Waals surface area contributed by atoms with Gasteiger partial charge >= 0.3 is 5.97 Å². The number of ether oxygens (including phenoxy) is 2. The van der Waals surface area contributed by atoms with Crippen LogP contribution >= 0.6 is 15.9 Å². The number of esters is 1. The SMILES string of the molecule is COC(=O)/C(=C\c1ccccc1)COc1ccc(Br)cc1C=O. The molecule has 0 saturated carbocycles. The summed E-state index contributed by atoms with van der Waals surface area (Å²) in [5.74, 6) is -0.0651. The molecule has 2 aromatic rings. The van der Waals surface area contributed by atoms with Gasteiger partial charge in [0.2, 0.25) is 0 Å². The lowest BCUT2D eigenvalue weighted by Crippen LogP contribution is -2.13. The Morgan fingerprint density at radius 2 is 1.91 bits per heavy atom. The molecule has 0 aliphatic carbocycles. The summed E-state index contributed by atoms with van der Waals surface area (Å²) in [6, 6.07) is 14.5. The third kappa shape index (κ3) is 4.79. The number of hydrogen-bond donors (Lipinski definition) is 0. The van der Waals surface area contributed by atoms with Crippen molar-refractivity contribution in [2.45, 2.75) is 0 Å². The van der Waals surface area contributed by atoms with Crippen LogP contribution in [-0.4, -0.2) is 26.0 Å². The first-order chi connectivity index (χ1) is 11.1. The van der Waals surface area contributed by atoms with Crippen molar-refractivity contribution in [2.75, 3.05) is 13.7 Å². The van der Waals surface area contributed by atoms with E-state index in [0.717, 1.165) is 10.0 Å². The minimum absolute atomic E-state index is 0.00401. The molecule has 0 aromatic heterocycles. The van der Waals surface area contributed by atoms with Crippen molar-refractivity contribution in [1.29, 1.82) is 0 Å². The van der Waals surface area contributed by atoms with Crippen molar-refractivity contribution in [2.24, 2.45) is 0 Å². The van der Waals surface area contributed by atoms with Gasteiger partial charge in [0.05, 0.1) is 18.2 Å². The third-order valence-electron chi connectivity index (χ3n) is 3.07. The highest BCUT2D eigenvalue weighted by Crippen LogP contribution is 2.22. The van der Waals surface area contributed by atoms with Gasteiger partial charge in [-0.25, -0.2) is 4.79 Å². The van der Waals surface area contributed by atoms with Gasteiger partial charge in [0.15, 0.2) is 6.29 Å². The first kappa shape index (κ1) is 17.0. The highest BCUT2D eigenvalue weighted by Gasteiger charge is 2.12. The topological polar surface area (TPSA) is 52.6 Å². The number of methoxy groups -OCH3 is 1. The van der Waals surface area contributed by atoms with Crippen LogP contribution in [-0.2, 0) is 9.53 Å². The summed E-state index contributed by atoms with van der Waals surface area (Å²) in [5.41, 5.74) is 1.63. The fourth-order valence-electron chi connectivity index (χ4n) is 1.94. The van der Waals surface area contributed by atoms with E-state index in [9.17, 15) is 9.59 Å². The summed E-state index contributed by atoms with van der Waals surface area (Å²) >= 11 is 3.30. The summed E-state index contributed by atoms with van der Waals surface area (Å²) in [4.78, 5) is 23.0. The number of benzene rings is 2. The molecule has 0 amide bonds. The minimum atomic E-state index is -0.474. The molecule has 0 radical (unpaired) electrons. The quantitative estimate of drug-likeness (QED) is 0.437. The van der Waals surface area contributed by atoms with Crippen molar-refractivity contribution in [3.05, 3.63) is 69.7 Å². The molecule has 118 valence electrons. The fraction of sp³-hybridized carbons (Fsp3) is 0.111. The number of carbonyl (C=O) groups is 2. The van der Waals surface area contributed by atoms with Gasteiger partial charge in [-0.2, -0.15) is 0 Å². The fourth-order valence-corrected chi connectivity index (χ4v) is 2.32. The number of rotatable bonds is 6. The average molecular weight is 375 g/mol. The van der Waals surface area contributed by atoms with E-state index in [-0.39, 0.29) is 6.61 Å². The zero-order valence-corrected chi connectivity index (χ0v) is 14.1. The highest BCUT2D eigenvalue weighted by molar-refractivity contribution is 9.10. The highest BCUT2D eigenvalue weighted by atomic mass is 79.9. The second kappa shape index (κ2) is 8.29. The van der Waals surface area contributed by atoms with Crippen molar-refractivity contribution in [3.8, 4) is 5.75 Å². The summed E-state index contributed by atoms with van der Waals surface area (Å²) in [6.45, 7) is 0.00401. The Morgan fingerprint density at radius 1 is 1.17 bits per heavy atom.